The molecule has 0 spiro atoms. The fourth-order valence-corrected chi connectivity index (χ4v) is 3.34. The molecule has 24 heavy (non-hydrogen) atoms. The number of amides is 1. The fourth-order valence-electron chi connectivity index (χ4n) is 3.34. The molecule has 1 aliphatic rings. The molecule has 1 aromatic heterocycles. The molecule has 0 aliphatic carbocycles. The van der Waals surface area contributed by atoms with E-state index < -0.39 is 5.60 Å². The average Bonchev–Trinajstić information content (AvgIpc) is 3.05. The maximum absolute atomic E-state index is 12.8. The Balaban J connectivity index is 1.59. The molecule has 0 radical (unpaired) electrons. The molecule has 1 fully saturated rings. The summed E-state index contributed by atoms with van der Waals surface area (Å²) in [5.41, 5.74) is 1.40. The second-order valence-corrected chi connectivity index (χ2v) is 6.29. The quantitative estimate of drug-likeness (QED) is 0.790. The fraction of sp³-hybridized carbons (Fsp3) is 0.200. The van der Waals surface area contributed by atoms with Crippen LogP contribution < -0.4 is 0 Å². The Bertz CT molecular complexity index is 894. The van der Waals surface area contributed by atoms with E-state index in [1.54, 1.807) is 17.2 Å². The van der Waals surface area contributed by atoms with Crippen molar-refractivity contribution in [3.8, 4) is 0 Å². The first-order chi connectivity index (χ1) is 11.7. The summed E-state index contributed by atoms with van der Waals surface area (Å²) in [6, 6.07) is 18.9. The molecular weight excluding hydrogens is 300 g/mol. The number of fused-ring (bicyclic) bond motifs is 1. The first-order valence-electron chi connectivity index (χ1n) is 8.08. The van der Waals surface area contributed by atoms with E-state index in [1.807, 2.05) is 54.6 Å². The van der Waals surface area contributed by atoms with Gasteiger partial charge < -0.3 is 10.0 Å². The highest BCUT2D eigenvalue weighted by Gasteiger charge is 2.39. The Morgan fingerprint density at radius 2 is 1.92 bits per heavy atom. The molecule has 0 saturated carbocycles. The monoisotopic (exact) mass is 318 g/mol. The lowest BCUT2D eigenvalue weighted by Gasteiger charge is -2.24. The second kappa shape index (κ2) is 5.73. The van der Waals surface area contributed by atoms with Crippen LogP contribution in [0.25, 0.3) is 10.9 Å². The summed E-state index contributed by atoms with van der Waals surface area (Å²) in [6.45, 7) is 0.871. The molecule has 1 N–H and O–H groups in total. The third-order valence-electron chi connectivity index (χ3n) is 4.70. The number of carbonyl (C=O) groups excluding carboxylic acids is 1. The lowest BCUT2D eigenvalue weighted by molar-refractivity contribution is 0.0417. The van der Waals surface area contributed by atoms with Crippen LogP contribution in [0.5, 0.6) is 0 Å². The van der Waals surface area contributed by atoms with Crippen LogP contribution in [0.15, 0.2) is 66.9 Å². The summed E-state index contributed by atoms with van der Waals surface area (Å²) < 4.78 is 0. The number of β-amino-alcohol motifs (C(OH)–C–C–N with tert-alkyl or cyclic N) is 1. The Hall–Kier alpha value is -2.72. The number of hydrogen-bond donors (Lipinski definition) is 1. The first-order valence-corrected chi connectivity index (χ1v) is 8.08. The summed E-state index contributed by atoms with van der Waals surface area (Å²) in [4.78, 5) is 18.8. The zero-order chi connectivity index (χ0) is 16.6. The molecule has 120 valence electrons. The summed E-state index contributed by atoms with van der Waals surface area (Å²) in [6.07, 6.45) is 2.29. The Labute approximate surface area is 140 Å². The van der Waals surface area contributed by atoms with Gasteiger partial charge in [0, 0.05) is 23.7 Å². The highest BCUT2D eigenvalue weighted by atomic mass is 16.3. The van der Waals surface area contributed by atoms with Gasteiger partial charge >= 0.3 is 0 Å². The first kappa shape index (κ1) is 14.8. The van der Waals surface area contributed by atoms with Crippen molar-refractivity contribution < 1.29 is 9.90 Å². The smallest absolute Gasteiger partial charge is 0.253 e. The number of aromatic nitrogens is 1. The van der Waals surface area contributed by atoms with E-state index in [0.717, 1.165) is 16.5 Å². The van der Waals surface area contributed by atoms with Crippen LogP contribution >= 0.6 is 0 Å². The molecule has 2 aromatic carbocycles. The van der Waals surface area contributed by atoms with E-state index in [1.165, 1.54) is 0 Å². The molecule has 0 bridgehead atoms. The van der Waals surface area contributed by atoms with Crippen molar-refractivity contribution in [2.24, 2.45) is 0 Å². The maximum atomic E-state index is 12.8. The van der Waals surface area contributed by atoms with Gasteiger partial charge in [-0.25, -0.2) is 0 Å². The Kier molecular flexibility index (Phi) is 3.54. The van der Waals surface area contributed by atoms with Crippen molar-refractivity contribution in [3.05, 3.63) is 78.0 Å². The van der Waals surface area contributed by atoms with Gasteiger partial charge in [0.25, 0.3) is 5.91 Å². The van der Waals surface area contributed by atoms with Gasteiger partial charge in [-0.3, -0.25) is 9.78 Å². The van der Waals surface area contributed by atoms with Crippen molar-refractivity contribution in [3.63, 3.8) is 0 Å². The van der Waals surface area contributed by atoms with Crippen LogP contribution in [0.4, 0.5) is 0 Å². The van der Waals surface area contributed by atoms with Crippen LogP contribution in [0, 0.1) is 0 Å². The minimum atomic E-state index is -0.963. The molecule has 4 heteroatoms. The zero-order valence-electron chi connectivity index (χ0n) is 13.2. The highest BCUT2D eigenvalue weighted by molar-refractivity contribution is 5.98. The summed E-state index contributed by atoms with van der Waals surface area (Å²) in [5, 5.41) is 11.8. The van der Waals surface area contributed by atoms with Gasteiger partial charge in [-0.15, -0.1) is 0 Å². The third kappa shape index (κ3) is 2.55. The number of carbonyl (C=O) groups is 1. The predicted molar refractivity (Wildman–Crippen MR) is 92.6 cm³/mol. The Morgan fingerprint density at radius 3 is 2.75 bits per heavy atom. The summed E-state index contributed by atoms with van der Waals surface area (Å²) >= 11 is 0. The van der Waals surface area contributed by atoms with Gasteiger partial charge in [-0.05, 0) is 36.2 Å². The maximum Gasteiger partial charge on any atom is 0.253 e. The zero-order valence-corrected chi connectivity index (χ0v) is 13.2. The van der Waals surface area contributed by atoms with Crippen molar-refractivity contribution >= 4 is 16.8 Å². The molecule has 4 rings (SSSR count). The predicted octanol–water partition coefficient (Wildman–Crippen LogP) is 2.97. The van der Waals surface area contributed by atoms with Crippen LogP contribution in [-0.4, -0.2) is 34.0 Å². The van der Waals surface area contributed by atoms with E-state index in [2.05, 4.69) is 4.98 Å². The largest absolute Gasteiger partial charge is 0.383 e. The average molecular weight is 318 g/mol. The SMILES string of the molecule is O=C(c1ccc2ncccc2c1)N1CC[C@](O)(c2ccccc2)C1. The minimum absolute atomic E-state index is 0.0485. The lowest BCUT2D eigenvalue weighted by atomic mass is 9.93. The van der Waals surface area contributed by atoms with E-state index in [9.17, 15) is 9.90 Å². The number of rotatable bonds is 2. The van der Waals surface area contributed by atoms with Crippen LogP contribution in [0.3, 0.4) is 0 Å². The normalized spacial score (nSPS) is 20.5. The van der Waals surface area contributed by atoms with Gasteiger partial charge in [0.15, 0.2) is 0 Å². The molecular formula is C20H18N2O2. The van der Waals surface area contributed by atoms with E-state index >= 15 is 0 Å². The lowest BCUT2D eigenvalue weighted by Crippen LogP contribution is -2.34. The van der Waals surface area contributed by atoms with Gasteiger partial charge in [0.1, 0.15) is 5.60 Å². The van der Waals surface area contributed by atoms with Crippen molar-refractivity contribution in [2.75, 3.05) is 13.1 Å². The molecule has 3 aromatic rings. The van der Waals surface area contributed by atoms with Crippen molar-refractivity contribution in [1.29, 1.82) is 0 Å². The number of pyridine rings is 1. The molecule has 1 saturated heterocycles. The molecule has 1 aliphatic heterocycles. The number of nitrogens with zero attached hydrogens (tertiary/aromatic N) is 2. The second-order valence-electron chi connectivity index (χ2n) is 6.29. The van der Waals surface area contributed by atoms with Crippen molar-refractivity contribution in [2.45, 2.75) is 12.0 Å². The number of benzene rings is 2. The third-order valence-corrected chi connectivity index (χ3v) is 4.70. The number of aliphatic hydroxyl groups is 1. The van der Waals surface area contributed by atoms with Crippen molar-refractivity contribution in [1.82, 2.24) is 9.88 Å². The van der Waals surface area contributed by atoms with Crippen LogP contribution in [-0.2, 0) is 5.60 Å². The van der Waals surface area contributed by atoms with E-state index in [4.69, 9.17) is 0 Å². The molecule has 1 amide bonds. The van der Waals surface area contributed by atoms with Gasteiger partial charge in [-0.2, -0.15) is 0 Å². The topological polar surface area (TPSA) is 53.4 Å². The van der Waals surface area contributed by atoms with E-state index in [-0.39, 0.29) is 5.91 Å². The number of hydrogen-bond acceptors (Lipinski definition) is 3. The van der Waals surface area contributed by atoms with Gasteiger partial charge in [0.05, 0.1) is 12.1 Å². The molecule has 4 nitrogen and oxygen atoms in total. The van der Waals surface area contributed by atoms with E-state index in [0.29, 0.717) is 25.1 Å². The summed E-state index contributed by atoms with van der Waals surface area (Å²) in [5.74, 6) is -0.0485. The minimum Gasteiger partial charge on any atom is -0.383 e. The summed E-state index contributed by atoms with van der Waals surface area (Å²) in [7, 11) is 0. The Morgan fingerprint density at radius 1 is 1.08 bits per heavy atom. The van der Waals surface area contributed by atoms with Gasteiger partial charge in [-0.1, -0.05) is 36.4 Å². The van der Waals surface area contributed by atoms with Gasteiger partial charge in [0.2, 0.25) is 0 Å². The number of likely N-dealkylation sites (tertiary alicyclic amines) is 1. The van der Waals surface area contributed by atoms with Crippen LogP contribution in [0.1, 0.15) is 22.3 Å². The molecule has 0 unspecified atom stereocenters. The highest BCUT2D eigenvalue weighted by Crippen LogP contribution is 2.32. The standard InChI is InChI=1S/C20H18N2O2/c23-19(16-8-9-18-15(13-16)5-4-11-21-18)22-12-10-20(24,14-22)17-6-2-1-3-7-17/h1-9,11,13,24H,10,12,14H2/t20-/m1/s1. The molecule has 2 heterocycles. The van der Waals surface area contributed by atoms with Crippen LogP contribution in [0.2, 0.25) is 0 Å². The molecule has 1 atom stereocenters.